The average molecular weight is 416 g/mol. The van der Waals surface area contributed by atoms with Crippen LogP contribution in [0.15, 0.2) is 76.8 Å². The Morgan fingerprint density at radius 1 is 1.11 bits per heavy atom. The van der Waals surface area contributed by atoms with Crippen molar-refractivity contribution in [3.63, 3.8) is 0 Å². The quantitative estimate of drug-likeness (QED) is 0.544. The van der Waals surface area contributed by atoms with Crippen LogP contribution in [-0.4, -0.2) is 27.0 Å². The van der Waals surface area contributed by atoms with Crippen LogP contribution in [0.4, 0.5) is 0 Å². The van der Waals surface area contributed by atoms with Gasteiger partial charge >= 0.3 is 0 Å². The molecule has 146 valence electrons. The van der Waals surface area contributed by atoms with Gasteiger partial charge in [-0.05, 0) is 42.5 Å². The van der Waals surface area contributed by atoms with Gasteiger partial charge in [0.1, 0.15) is 18.1 Å². The number of rotatable bonds is 6. The molecule has 3 aromatic rings. The van der Waals surface area contributed by atoms with Crippen LogP contribution in [-0.2, 0) is 6.61 Å². The van der Waals surface area contributed by atoms with Gasteiger partial charge in [-0.25, -0.2) is 0 Å². The van der Waals surface area contributed by atoms with Crippen molar-refractivity contribution in [3.05, 3.63) is 78.1 Å². The summed E-state index contributed by atoms with van der Waals surface area (Å²) in [6.07, 6.45) is 3.52. The van der Waals surface area contributed by atoms with Crippen LogP contribution in [0.2, 0.25) is 0 Å². The van der Waals surface area contributed by atoms with Gasteiger partial charge in [0.05, 0.1) is 23.0 Å². The Balaban J connectivity index is 1.47. The first-order valence-corrected chi connectivity index (χ1v) is 11.4. The molecular formula is C21H21NO4S2. The minimum atomic E-state index is -2.79. The van der Waals surface area contributed by atoms with Crippen LogP contribution in [0, 0.1) is 0 Å². The van der Waals surface area contributed by atoms with Gasteiger partial charge in [-0.1, -0.05) is 12.1 Å². The maximum absolute atomic E-state index is 10.5. The van der Waals surface area contributed by atoms with Crippen molar-refractivity contribution in [2.24, 2.45) is 0 Å². The molecule has 1 atom stereocenters. The van der Waals surface area contributed by atoms with E-state index in [-0.39, 0.29) is 5.25 Å². The van der Waals surface area contributed by atoms with Gasteiger partial charge in [0.15, 0.2) is 0 Å². The second kappa shape index (κ2) is 8.05. The molecule has 0 saturated heterocycles. The first-order valence-electron chi connectivity index (χ1n) is 8.78. The molecule has 0 saturated carbocycles. The van der Waals surface area contributed by atoms with Gasteiger partial charge in [-0.3, -0.25) is 14.1 Å². The number of fused-ring (bicyclic) bond motifs is 1. The Morgan fingerprint density at radius 3 is 2.64 bits per heavy atom. The zero-order valence-electron chi connectivity index (χ0n) is 15.3. The molecule has 5 nitrogen and oxygen atoms in total. The monoisotopic (exact) mass is 415 g/mol. The third-order valence-electron chi connectivity index (χ3n) is 4.53. The van der Waals surface area contributed by atoms with Crippen LogP contribution >= 0.6 is 22.4 Å². The smallest absolute Gasteiger partial charge is 0.125 e. The molecule has 0 aliphatic carbocycles. The summed E-state index contributed by atoms with van der Waals surface area (Å²) in [7, 11) is -1.18. The lowest BCUT2D eigenvalue weighted by molar-refractivity contribution is 0.305. The van der Waals surface area contributed by atoms with Crippen molar-refractivity contribution in [2.75, 3.05) is 12.9 Å². The fraction of sp³-hybridized carbons (Fsp3) is 0.190. The Morgan fingerprint density at radius 2 is 1.93 bits per heavy atom. The summed E-state index contributed by atoms with van der Waals surface area (Å²) in [5.41, 5.74) is 1.90. The number of ether oxygens (including phenoxy) is 2. The standard InChI is InChI=1S/C21H21NO4S2/c1-25-18-5-2-6-20-21(18)19(14-28(20,23)24)27-17-9-7-16(8-10-17)26-13-15-4-3-11-22-12-15/h2-12,19,23-24H,13-14H2,1H3. The van der Waals surface area contributed by atoms with Gasteiger partial charge in [-0.15, -0.1) is 11.8 Å². The predicted molar refractivity (Wildman–Crippen MR) is 113 cm³/mol. The van der Waals surface area contributed by atoms with E-state index in [1.807, 2.05) is 42.5 Å². The SMILES string of the molecule is COc1cccc2c1C(Sc1ccc(OCc3cccnc3)cc1)CS2(O)O. The van der Waals surface area contributed by atoms with Crippen LogP contribution < -0.4 is 9.47 Å². The van der Waals surface area contributed by atoms with E-state index in [1.54, 1.807) is 43.4 Å². The number of hydrogen-bond acceptors (Lipinski definition) is 6. The first kappa shape index (κ1) is 19.1. The molecule has 0 amide bonds. The third kappa shape index (κ3) is 3.98. The second-order valence-corrected chi connectivity index (χ2v) is 9.82. The molecule has 1 unspecified atom stereocenters. The fourth-order valence-electron chi connectivity index (χ4n) is 3.21. The van der Waals surface area contributed by atoms with Gasteiger partial charge in [-0.2, -0.15) is 10.6 Å². The average Bonchev–Trinajstić information content (AvgIpc) is 2.98. The lowest BCUT2D eigenvalue weighted by Gasteiger charge is -2.27. The Bertz CT molecular complexity index is 948. The molecular weight excluding hydrogens is 394 g/mol. The normalized spacial score (nSPS) is 18.3. The van der Waals surface area contributed by atoms with Crippen LogP contribution in [0.1, 0.15) is 16.4 Å². The highest BCUT2D eigenvalue weighted by Gasteiger charge is 2.37. The van der Waals surface area contributed by atoms with Gasteiger partial charge in [0, 0.05) is 28.4 Å². The molecule has 1 aliphatic heterocycles. The molecule has 0 radical (unpaired) electrons. The molecule has 4 rings (SSSR count). The van der Waals surface area contributed by atoms with Crippen molar-refractivity contribution < 1.29 is 18.6 Å². The van der Waals surface area contributed by atoms with Crippen molar-refractivity contribution in [2.45, 2.75) is 21.6 Å². The van der Waals surface area contributed by atoms with E-state index in [0.717, 1.165) is 21.8 Å². The number of methoxy groups -OCH3 is 1. The molecule has 2 aromatic carbocycles. The van der Waals surface area contributed by atoms with E-state index in [2.05, 4.69) is 4.98 Å². The van der Waals surface area contributed by atoms with Crippen molar-refractivity contribution in [1.29, 1.82) is 0 Å². The molecule has 7 heteroatoms. The molecule has 1 aromatic heterocycles. The maximum atomic E-state index is 10.5. The van der Waals surface area contributed by atoms with Crippen LogP contribution in [0.25, 0.3) is 0 Å². The lowest BCUT2D eigenvalue weighted by Crippen LogP contribution is -1.99. The van der Waals surface area contributed by atoms with E-state index < -0.39 is 10.6 Å². The van der Waals surface area contributed by atoms with Crippen LogP contribution in [0.3, 0.4) is 0 Å². The zero-order valence-corrected chi connectivity index (χ0v) is 17.0. The highest BCUT2D eigenvalue weighted by Crippen LogP contribution is 2.64. The Labute approximate surface area is 170 Å². The van der Waals surface area contributed by atoms with E-state index in [9.17, 15) is 9.11 Å². The number of aromatic nitrogens is 1. The number of pyridine rings is 1. The van der Waals surface area contributed by atoms with E-state index in [4.69, 9.17) is 9.47 Å². The van der Waals surface area contributed by atoms with E-state index in [0.29, 0.717) is 23.0 Å². The van der Waals surface area contributed by atoms with Crippen molar-refractivity contribution >= 4 is 22.4 Å². The van der Waals surface area contributed by atoms with Crippen molar-refractivity contribution in [1.82, 2.24) is 4.98 Å². The topological polar surface area (TPSA) is 71.8 Å². The van der Waals surface area contributed by atoms with E-state index >= 15 is 0 Å². The minimum Gasteiger partial charge on any atom is -0.496 e. The van der Waals surface area contributed by atoms with Crippen LogP contribution in [0.5, 0.6) is 11.5 Å². The number of hydrogen-bond donors (Lipinski definition) is 2. The summed E-state index contributed by atoms with van der Waals surface area (Å²) >= 11 is 1.60. The second-order valence-electron chi connectivity index (χ2n) is 6.43. The Hall–Kier alpha value is -2.19. The number of benzene rings is 2. The van der Waals surface area contributed by atoms with Crippen molar-refractivity contribution in [3.8, 4) is 11.5 Å². The molecule has 0 fully saturated rings. The fourth-order valence-corrected chi connectivity index (χ4v) is 6.77. The Kier molecular flexibility index (Phi) is 5.50. The highest BCUT2D eigenvalue weighted by molar-refractivity contribution is 8.25. The number of nitrogens with zero attached hydrogens (tertiary/aromatic N) is 1. The molecule has 2 N–H and O–H groups in total. The predicted octanol–water partition coefficient (Wildman–Crippen LogP) is 5.63. The molecule has 1 aliphatic rings. The van der Waals surface area contributed by atoms with Gasteiger partial charge in [0.25, 0.3) is 0 Å². The summed E-state index contributed by atoms with van der Waals surface area (Å²) in [4.78, 5) is 5.71. The largest absolute Gasteiger partial charge is 0.496 e. The maximum Gasteiger partial charge on any atom is 0.125 e. The summed E-state index contributed by atoms with van der Waals surface area (Å²) in [6, 6.07) is 17.1. The summed E-state index contributed by atoms with van der Waals surface area (Å²) in [6.45, 7) is 0.467. The lowest BCUT2D eigenvalue weighted by atomic mass is 10.1. The summed E-state index contributed by atoms with van der Waals surface area (Å²) in [5, 5.41) is -0.0710. The first-order chi connectivity index (χ1) is 13.6. The number of thioether (sulfide) groups is 1. The third-order valence-corrected chi connectivity index (χ3v) is 7.84. The van der Waals surface area contributed by atoms with Gasteiger partial charge < -0.3 is 9.47 Å². The molecule has 28 heavy (non-hydrogen) atoms. The molecule has 2 heterocycles. The molecule has 0 spiro atoms. The minimum absolute atomic E-state index is 0.0710. The highest BCUT2D eigenvalue weighted by atomic mass is 32.3. The van der Waals surface area contributed by atoms with E-state index in [1.165, 1.54) is 0 Å². The summed E-state index contributed by atoms with van der Waals surface area (Å²) < 4.78 is 32.2. The summed E-state index contributed by atoms with van der Waals surface area (Å²) in [5.74, 6) is 1.78. The van der Waals surface area contributed by atoms with Gasteiger partial charge in [0.2, 0.25) is 0 Å². The molecule has 0 bridgehead atoms. The zero-order chi connectivity index (χ0) is 19.6.